The molecule has 86 valence electrons. The predicted molar refractivity (Wildman–Crippen MR) is 55.0 cm³/mol. The molecule has 2 rings (SSSR count). The zero-order valence-electron chi connectivity index (χ0n) is 8.80. The minimum atomic E-state index is -1.06. The van der Waals surface area contributed by atoms with Crippen LogP contribution in [0, 0.1) is 0 Å². The van der Waals surface area contributed by atoms with Gasteiger partial charge in [0.25, 0.3) is 0 Å². The highest BCUT2D eigenvalue weighted by Gasteiger charge is 2.20. The number of carboxylic acid groups (broad SMARTS) is 1. The van der Waals surface area contributed by atoms with Crippen molar-refractivity contribution in [3.8, 4) is 0 Å². The Morgan fingerprint density at radius 3 is 2.69 bits per heavy atom. The topological polar surface area (TPSA) is 75.4 Å². The Hall–Kier alpha value is -1.85. The monoisotopic (exact) mass is 223 g/mol. The van der Waals surface area contributed by atoms with Gasteiger partial charge in [-0.25, -0.2) is 9.48 Å². The smallest absolute Gasteiger partial charge is 0.354 e. The number of nitrogens with zero attached hydrogens (tertiary/aromatic N) is 3. The van der Waals surface area contributed by atoms with Crippen molar-refractivity contribution in [1.82, 2.24) is 14.7 Å². The maximum Gasteiger partial charge on any atom is 0.354 e. The second-order valence-electron chi connectivity index (χ2n) is 3.77. The average molecular weight is 223 g/mol. The molecule has 0 aliphatic carbocycles. The Labute approximate surface area is 92.5 Å². The molecule has 0 aromatic carbocycles. The third-order valence-corrected chi connectivity index (χ3v) is 2.68. The van der Waals surface area contributed by atoms with Crippen LogP contribution < -0.4 is 0 Å². The fourth-order valence-electron chi connectivity index (χ4n) is 1.83. The highest BCUT2D eigenvalue weighted by atomic mass is 16.4. The first kappa shape index (κ1) is 10.7. The van der Waals surface area contributed by atoms with Crippen LogP contribution in [0.1, 0.15) is 23.3 Å². The normalized spacial score (nSPS) is 15.4. The Morgan fingerprint density at radius 1 is 1.38 bits per heavy atom. The van der Waals surface area contributed by atoms with Crippen LogP contribution >= 0.6 is 0 Å². The fraction of sp³-hybridized carbons (Fsp3) is 0.500. The lowest BCUT2D eigenvalue weighted by molar-refractivity contribution is -0.130. The van der Waals surface area contributed by atoms with E-state index in [4.69, 9.17) is 5.11 Å². The molecule has 1 N–H and O–H groups in total. The molecule has 0 bridgehead atoms. The number of likely N-dealkylation sites (tertiary alicyclic amines) is 1. The summed E-state index contributed by atoms with van der Waals surface area (Å²) >= 11 is 0. The lowest BCUT2D eigenvalue weighted by Crippen LogP contribution is -2.32. The van der Waals surface area contributed by atoms with Crippen LogP contribution in [0.15, 0.2) is 12.3 Å². The molecule has 1 amide bonds. The molecule has 0 atom stereocenters. The van der Waals surface area contributed by atoms with E-state index < -0.39 is 5.97 Å². The molecule has 0 unspecified atom stereocenters. The van der Waals surface area contributed by atoms with Crippen LogP contribution in [0.4, 0.5) is 0 Å². The molecule has 1 fully saturated rings. The number of hydrogen-bond acceptors (Lipinski definition) is 3. The standard InChI is InChI=1S/C10H13N3O3/c14-9(12-5-1-2-6-12)7-13-8(10(15)16)3-4-11-13/h3-4H,1-2,5-7H2,(H,15,16). The molecule has 16 heavy (non-hydrogen) atoms. The van der Waals surface area contributed by atoms with Crippen molar-refractivity contribution in [3.63, 3.8) is 0 Å². The number of carbonyl (C=O) groups excluding carboxylic acids is 1. The summed E-state index contributed by atoms with van der Waals surface area (Å²) in [7, 11) is 0. The third kappa shape index (κ3) is 2.05. The highest BCUT2D eigenvalue weighted by molar-refractivity contribution is 5.86. The van der Waals surface area contributed by atoms with E-state index in [1.54, 1.807) is 4.90 Å². The maximum atomic E-state index is 11.8. The van der Waals surface area contributed by atoms with E-state index in [0.717, 1.165) is 25.9 Å². The number of rotatable bonds is 3. The zero-order chi connectivity index (χ0) is 11.5. The fourth-order valence-corrected chi connectivity index (χ4v) is 1.83. The van der Waals surface area contributed by atoms with Gasteiger partial charge in [0.15, 0.2) is 0 Å². The molecule has 2 heterocycles. The van der Waals surface area contributed by atoms with E-state index in [-0.39, 0.29) is 18.1 Å². The molecule has 1 aromatic heterocycles. The van der Waals surface area contributed by atoms with Crippen molar-refractivity contribution < 1.29 is 14.7 Å². The molecule has 0 saturated carbocycles. The summed E-state index contributed by atoms with van der Waals surface area (Å²) in [5.74, 6) is -1.13. The van der Waals surface area contributed by atoms with Crippen molar-refractivity contribution in [2.75, 3.05) is 13.1 Å². The zero-order valence-corrected chi connectivity index (χ0v) is 8.80. The van der Waals surface area contributed by atoms with Gasteiger partial charge in [0.05, 0.1) is 0 Å². The minimum Gasteiger partial charge on any atom is -0.477 e. The summed E-state index contributed by atoms with van der Waals surface area (Å²) in [6.07, 6.45) is 3.44. The van der Waals surface area contributed by atoms with Crippen molar-refractivity contribution in [2.45, 2.75) is 19.4 Å². The number of hydrogen-bond donors (Lipinski definition) is 1. The van der Waals surface area contributed by atoms with Gasteiger partial charge in [-0.15, -0.1) is 0 Å². The first-order chi connectivity index (χ1) is 7.68. The largest absolute Gasteiger partial charge is 0.477 e. The van der Waals surface area contributed by atoms with E-state index in [2.05, 4.69) is 5.10 Å². The first-order valence-corrected chi connectivity index (χ1v) is 5.21. The van der Waals surface area contributed by atoms with E-state index in [1.807, 2.05) is 0 Å². The molecule has 0 radical (unpaired) electrons. The summed E-state index contributed by atoms with van der Waals surface area (Å²) in [6.45, 7) is 1.54. The highest BCUT2D eigenvalue weighted by Crippen LogP contribution is 2.09. The molecule has 6 nitrogen and oxygen atoms in total. The molecule has 6 heteroatoms. The third-order valence-electron chi connectivity index (χ3n) is 2.68. The van der Waals surface area contributed by atoms with E-state index in [0.29, 0.717) is 0 Å². The SMILES string of the molecule is O=C(O)c1ccnn1CC(=O)N1CCCC1. The summed E-state index contributed by atoms with van der Waals surface area (Å²) < 4.78 is 1.23. The molecule has 0 spiro atoms. The van der Waals surface area contributed by atoms with Gasteiger partial charge in [0, 0.05) is 19.3 Å². The van der Waals surface area contributed by atoms with Crippen LogP contribution in [-0.4, -0.2) is 44.8 Å². The van der Waals surface area contributed by atoms with Gasteiger partial charge in [0.1, 0.15) is 12.2 Å². The van der Waals surface area contributed by atoms with Crippen LogP contribution in [-0.2, 0) is 11.3 Å². The Kier molecular flexibility index (Phi) is 2.89. The van der Waals surface area contributed by atoms with E-state index in [9.17, 15) is 9.59 Å². The second-order valence-corrected chi connectivity index (χ2v) is 3.77. The Morgan fingerprint density at radius 2 is 2.06 bits per heavy atom. The summed E-state index contributed by atoms with van der Waals surface area (Å²) in [5.41, 5.74) is 0.0487. The molecular formula is C10H13N3O3. The van der Waals surface area contributed by atoms with Crippen molar-refractivity contribution in [1.29, 1.82) is 0 Å². The summed E-state index contributed by atoms with van der Waals surface area (Å²) in [6, 6.07) is 1.39. The van der Waals surface area contributed by atoms with Crippen LogP contribution in [0.3, 0.4) is 0 Å². The maximum absolute atomic E-state index is 11.8. The molecule has 1 aliphatic heterocycles. The Balaban J connectivity index is 2.05. The van der Waals surface area contributed by atoms with Gasteiger partial charge < -0.3 is 10.0 Å². The van der Waals surface area contributed by atoms with Crippen LogP contribution in [0.25, 0.3) is 0 Å². The second kappa shape index (κ2) is 4.34. The number of amides is 1. The molecule has 1 aromatic rings. The number of carboxylic acids is 1. The first-order valence-electron chi connectivity index (χ1n) is 5.21. The Bertz CT molecular complexity index is 407. The molecular weight excluding hydrogens is 210 g/mol. The number of aromatic nitrogens is 2. The van der Waals surface area contributed by atoms with Gasteiger partial charge >= 0.3 is 5.97 Å². The van der Waals surface area contributed by atoms with Crippen LogP contribution in [0.2, 0.25) is 0 Å². The lowest BCUT2D eigenvalue weighted by atomic mass is 10.4. The summed E-state index contributed by atoms with van der Waals surface area (Å²) in [4.78, 5) is 24.3. The summed E-state index contributed by atoms with van der Waals surface area (Å²) in [5, 5.41) is 12.7. The van der Waals surface area contributed by atoms with Gasteiger partial charge in [-0.1, -0.05) is 0 Å². The average Bonchev–Trinajstić information content (AvgIpc) is 2.86. The van der Waals surface area contributed by atoms with E-state index >= 15 is 0 Å². The predicted octanol–water partition coefficient (Wildman–Crippen LogP) is 0.204. The van der Waals surface area contributed by atoms with Gasteiger partial charge in [-0.05, 0) is 18.9 Å². The minimum absolute atomic E-state index is 0.00856. The molecule has 1 saturated heterocycles. The quantitative estimate of drug-likeness (QED) is 0.794. The van der Waals surface area contributed by atoms with Crippen LogP contribution in [0.5, 0.6) is 0 Å². The number of carbonyl (C=O) groups is 2. The van der Waals surface area contributed by atoms with Gasteiger partial charge in [-0.3, -0.25) is 4.79 Å². The van der Waals surface area contributed by atoms with Crippen molar-refractivity contribution in [2.24, 2.45) is 0 Å². The van der Waals surface area contributed by atoms with Gasteiger partial charge in [0.2, 0.25) is 5.91 Å². The van der Waals surface area contributed by atoms with Crippen molar-refractivity contribution >= 4 is 11.9 Å². The van der Waals surface area contributed by atoms with Gasteiger partial charge in [-0.2, -0.15) is 5.10 Å². The van der Waals surface area contributed by atoms with E-state index in [1.165, 1.54) is 16.9 Å². The van der Waals surface area contributed by atoms with Crippen molar-refractivity contribution in [3.05, 3.63) is 18.0 Å². The molecule has 1 aliphatic rings. The number of aromatic carboxylic acids is 1. The lowest BCUT2D eigenvalue weighted by Gasteiger charge is -2.15.